The predicted octanol–water partition coefficient (Wildman–Crippen LogP) is 1.22. The Morgan fingerprint density at radius 1 is 1.46 bits per heavy atom. The van der Waals surface area contributed by atoms with E-state index < -0.39 is 0 Å². The fourth-order valence-corrected chi connectivity index (χ4v) is 1.48. The Morgan fingerprint density at radius 2 is 2.08 bits per heavy atom. The SMILES string of the molecule is CC1=CC(C)=C(C#N)C(N(C)C)N1. The van der Waals surface area contributed by atoms with Crippen LogP contribution in [0, 0.1) is 11.3 Å². The summed E-state index contributed by atoms with van der Waals surface area (Å²) in [6, 6.07) is 2.24. The first kappa shape index (κ1) is 9.82. The Morgan fingerprint density at radius 3 is 2.54 bits per heavy atom. The van der Waals surface area contributed by atoms with E-state index in [1.165, 1.54) is 0 Å². The number of hydrogen-bond acceptors (Lipinski definition) is 3. The molecule has 0 fully saturated rings. The third-order valence-corrected chi connectivity index (χ3v) is 2.13. The maximum absolute atomic E-state index is 8.96. The quantitative estimate of drug-likeness (QED) is 0.654. The molecule has 1 rings (SSSR count). The van der Waals surface area contributed by atoms with Gasteiger partial charge in [0.05, 0.1) is 11.6 Å². The molecule has 1 N–H and O–H groups in total. The highest BCUT2D eigenvalue weighted by atomic mass is 15.2. The molecular formula is C10H15N3. The molecule has 1 atom stereocenters. The minimum absolute atomic E-state index is 0.0231. The zero-order chi connectivity index (χ0) is 10.0. The van der Waals surface area contributed by atoms with Crippen molar-refractivity contribution in [1.82, 2.24) is 10.2 Å². The zero-order valence-corrected chi connectivity index (χ0v) is 8.55. The van der Waals surface area contributed by atoms with Crippen molar-refractivity contribution in [3.8, 4) is 6.07 Å². The van der Waals surface area contributed by atoms with E-state index in [9.17, 15) is 0 Å². The summed E-state index contributed by atoms with van der Waals surface area (Å²) in [6.45, 7) is 3.98. The maximum atomic E-state index is 8.96. The molecule has 3 heteroatoms. The van der Waals surface area contributed by atoms with E-state index in [0.29, 0.717) is 0 Å². The monoisotopic (exact) mass is 177 g/mol. The van der Waals surface area contributed by atoms with Crippen molar-refractivity contribution in [2.75, 3.05) is 14.1 Å². The third-order valence-electron chi connectivity index (χ3n) is 2.13. The Balaban J connectivity index is 3.05. The van der Waals surface area contributed by atoms with Gasteiger partial charge >= 0.3 is 0 Å². The van der Waals surface area contributed by atoms with Crippen LogP contribution in [0.4, 0.5) is 0 Å². The number of hydrogen-bond donors (Lipinski definition) is 1. The normalized spacial score (nSPS) is 22.5. The first-order chi connectivity index (χ1) is 6.06. The van der Waals surface area contributed by atoms with Crippen LogP contribution in [0.1, 0.15) is 13.8 Å². The largest absolute Gasteiger partial charge is 0.369 e. The van der Waals surface area contributed by atoms with Crippen LogP contribution in [0.2, 0.25) is 0 Å². The van der Waals surface area contributed by atoms with E-state index in [1.807, 2.05) is 38.9 Å². The molecule has 0 aromatic carbocycles. The van der Waals surface area contributed by atoms with Crippen LogP contribution < -0.4 is 5.32 Å². The minimum Gasteiger partial charge on any atom is -0.369 e. The average molecular weight is 177 g/mol. The van der Waals surface area contributed by atoms with E-state index >= 15 is 0 Å². The summed E-state index contributed by atoms with van der Waals surface area (Å²) in [5.74, 6) is 0. The van der Waals surface area contributed by atoms with Crippen LogP contribution in [-0.4, -0.2) is 25.2 Å². The van der Waals surface area contributed by atoms with E-state index in [-0.39, 0.29) is 6.17 Å². The lowest BCUT2D eigenvalue weighted by Crippen LogP contribution is -2.43. The summed E-state index contributed by atoms with van der Waals surface area (Å²) >= 11 is 0. The van der Waals surface area contributed by atoms with Crippen molar-refractivity contribution >= 4 is 0 Å². The van der Waals surface area contributed by atoms with E-state index in [0.717, 1.165) is 16.8 Å². The van der Waals surface area contributed by atoms with Gasteiger partial charge in [-0.2, -0.15) is 5.26 Å². The molecule has 0 aromatic heterocycles. The van der Waals surface area contributed by atoms with Crippen LogP contribution in [0.3, 0.4) is 0 Å². The molecule has 1 aliphatic heterocycles. The van der Waals surface area contributed by atoms with Crippen molar-refractivity contribution in [2.45, 2.75) is 20.0 Å². The average Bonchev–Trinajstić information content (AvgIpc) is 2.02. The minimum atomic E-state index is 0.0231. The summed E-state index contributed by atoms with van der Waals surface area (Å²) in [4.78, 5) is 2.00. The Bertz CT molecular complexity index is 305. The fourth-order valence-electron chi connectivity index (χ4n) is 1.48. The van der Waals surface area contributed by atoms with Gasteiger partial charge in [-0.1, -0.05) is 0 Å². The third kappa shape index (κ3) is 1.90. The van der Waals surface area contributed by atoms with Gasteiger partial charge < -0.3 is 5.32 Å². The van der Waals surface area contributed by atoms with Crippen molar-refractivity contribution < 1.29 is 0 Å². The number of dihydropyridines is 1. The van der Waals surface area contributed by atoms with Crippen molar-refractivity contribution in [3.63, 3.8) is 0 Å². The van der Waals surface area contributed by atoms with Crippen LogP contribution in [-0.2, 0) is 0 Å². The molecule has 0 amide bonds. The van der Waals surface area contributed by atoms with Gasteiger partial charge in [0.1, 0.15) is 6.17 Å². The van der Waals surface area contributed by atoms with Gasteiger partial charge in [-0.05, 0) is 39.6 Å². The van der Waals surface area contributed by atoms with Crippen LogP contribution in [0.15, 0.2) is 22.9 Å². The Labute approximate surface area is 79.3 Å². The Hall–Kier alpha value is -1.27. The lowest BCUT2D eigenvalue weighted by molar-refractivity contribution is 0.300. The maximum Gasteiger partial charge on any atom is 0.115 e. The van der Waals surface area contributed by atoms with Crippen molar-refractivity contribution in [3.05, 3.63) is 22.9 Å². The van der Waals surface area contributed by atoms with Crippen molar-refractivity contribution in [1.29, 1.82) is 5.26 Å². The van der Waals surface area contributed by atoms with Gasteiger partial charge in [0.2, 0.25) is 0 Å². The highest BCUT2D eigenvalue weighted by Crippen LogP contribution is 2.18. The summed E-state index contributed by atoms with van der Waals surface area (Å²) in [6.07, 6.45) is 2.02. The number of nitrogens with zero attached hydrogens (tertiary/aromatic N) is 2. The van der Waals surface area contributed by atoms with Gasteiger partial charge in [0, 0.05) is 5.70 Å². The number of nitriles is 1. The number of rotatable bonds is 1. The molecule has 0 saturated heterocycles. The lowest BCUT2D eigenvalue weighted by atomic mass is 10.0. The molecule has 1 heterocycles. The Kier molecular flexibility index (Phi) is 2.74. The summed E-state index contributed by atoms with van der Waals surface area (Å²) < 4.78 is 0. The molecular weight excluding hydrogens is 162 g/mol. The highest BCUT2D eigenvalue weighted by molar-refractivity contribution is 5.41. The van der Waals surface area contributed by atoms with Crippen molar-refractivity contribution in [2.24, 2.45) is 0 Å². The molecule has 0 spiro atoms. The van der Waals surface area contributed by atoms with Crippen LogP contribution in [0.25, 0.3) is 0 Å². The molecule has 0 radical (unpaired) electrons. The summed E-state index contributed by atoms with van der Waals surface area (Å²) in [7, 11) is 3.92. The summed E-state index contributed by atoms with van der Waals surface area (Å²) in [5.41, 5.74) is 2.96. The molecule has 3 nitrogen and oxygen atoms in total. The fraction of sp³-hybridized carbons (Fsp3) is 0.500. The van der Waals surface area contributed by atoms with Gasteiger partial charge in [0.25, 0.3) is 0 Å². The smallest absolute Gasteiger partial charge is 0.115 e. The van der Waals surface area contributed by atoms with E-state index in [4.69, 9.17) is 5.26 Å². The van der Waals surface area contributed by atoms with Gasteiger partial charge in [-0.3, -0.25) is 4.90 Å². The molecule has 0 aliphatic carbocycles. The van der Waals surface area contributed by atoms with E-state index in [2.05, 4.69) is 11.4 Å². The van der Waals surface area contributed by atoms with Gasteiger partial charge in [-0.15, -0.1) is 0 Å². The molecule has 13 heavy (non-hydrogen) atoms. The molecule has 70 valence electrons. The van der Waals surface area contributed by atoms with Crippen LogP contribution >= 0.6 is 0 Å². The predicted molar refractivity (Wildman–Crippen MR) is 52.7 cm³/mol. The molecule has 0 bridgehead atoms. The first-order valence-corrected chi connectivity index (χ1v) is 4.28. The number of allylic oxidation sites excluding steroid dienone is 3. The van der Waals surface area contributed by atoms with Gasteiger partial charge in [0.15, 0.2) is 0 Å². The number of likely N-dealkylation sites (N-methyl/N-ethyl adjacent to an activating group) is 1. The lowest BCUT2D eigenvalue weighted by Gasteiger charge is -2.30. The second kappa shape index (κ2) is 3.63. The molecule has 0 saturated carbocycles. The highest BCUT2D eigenvalue weighted by Gasteiger charge is 2.21. The number of nitrogens with one attached hydrogen (secondary N) is 1. The molecule has 1 aliphatic rings. The zero-order valence-electron chi connectivity index (χ0n) is 8.55. The standard InChI is InChI=1S/C10H15N3/c1-7-5-8(2)12-10(13(3)4)9(7)6-11/h5,10,12H,1-4H3. The van der Waals surface area contributed by atoms with Gasteiger partial charge in [-0.25, -0.2) is 0 Å². The van der Waals surface area contributed by atoms with Crippen LogP contribution in [0.5, 0.6) is 0 Å². The molecule has 0 aromatic rings. The summed E-state index contributed by atoms with van der Waals surface area (Å²) in [5, 5.41) is 12.2. The first-order valence-electron chi connectivity index (χ1n) is 4.28. The van der Waals surface area contributed by atoms with E-state index in [1.54, 1.807) is 0 Å². The second-order valence-corrected chi connectivity index (χ2v) is 3.55. The molecule has 1 unspecified atom stereocenters. The topological polar surface area (TPSA) is 39.1 Å². The second-order valence-electron chi connectivity index (χ2n) is 3.55.